The molecule has 5 rings (SSSR count). The molecule has 0 unspecified atom stereocenters. The van der Waals surface area contributed by atoms with E-state index in [2.05, 4.69) is 58.3 Å². The van der Waals surface area contributed by atoms with Gasteiger partial charge >= 0.3 is 11.8 Å². The number of nitrogens with two attached hydrogens (primary N) is 1. The van der Waals surface area contributed by atoms with Crippen molar-refractivity contribution in [1.29, 1.82) is 0 Å². The first-order chi connectivity index (χ1) is 18.8. The minimum atomic E-state index is -0.629. The second kappa shape index (κ2) is 11.5. The van der Waals surface area contributed by atoms with Gasteiger partial charge in [0.05, 0.1) is 17.9 Å². The highest BCUT2D eigenvalue weighted by Crippen LogP contribution is 2.41. The Labute approximate surface area is 232 Å². The molecular formula is C31H44N6O2. The SMILES string of the molecule is CCc1cc(NC(=O)C(=O)N2C[C@@H](C)CC[C@@H]2c2ccc(N3CCCC4(CCN(C)CC4)C3)cc2)cnc1N. The Bertz CT molecular complexity index is 1170. The Morgan fingerprint density at radius 2 is 1.85 bits per heavy atom. The first-order valence-electron chi connectivity index (χ1n) is 14.7. The summed E-state index contributed by atoms with van der Waals surface area (Å²) in [7, 11) is 2.23. The molecule has 1 aromatic heterocycles. The van der Waals surface area contributed by atoms with Crippen molar-refractivity contribution in [2.75, 3.05) is 55.7 Å². The number of amides is 2. The predicted octanol–water partition coefficient (Wildman–Crippen LogP) is 4.48. The van der Waals surface area contributed by atoms with E-state index in [4.69, 9.17) is 5.73 Å². The van der Waals surface area contributed by atoms with Crippen molar-refractivity contribution in [2.24, 2.45) is 11.3 Å². The van der Waals surface area contributed by atoms with E-state index in [1.165, 1.54) is 50.7 Å². The molecule has 1 spiro atoms. The molecule has 3 aliphatic heterocycles. The van der Waals surface area contributed by atoms with Gasteiger partial charge in [-0.05, 0) is 106 Å². The molecule has 8 heteroatoms. The van der Waals surface area contributed by atoms with Crippen LogP contribution in [-0.4, -0.2) is 66.4 Å². The van der Waals surface area contributed by atoms with E-state index in [-0.39, 0.29) is 6.04 Å². The van der Waals surface area contributed by atoms with Gasteiger partial charge in [0, 0.05) is 25.3 Å². The van der Waals surface area contributed by atoms with Crippen LogP contribution in [0, 0.1) is 11.3 Å². The number of nitrogens with zero attached hydrogens (tertiary/aromatic N) is 4. The Hall–Kier alpha value is -3.13. The van der Waals surface area contributed by atoms with Gasteiger partial charge in [-0.25, -0.2) is 4.98 Å². The minimum absolute atomic E-state index is 0.106. The number of nitrogen functional groups attached to an aromatic ring is 1. The van der Waals surface area contributed by atoms with Crippen molar-refractivity contribution in [2.45, 2.75) is 64.8 Å². The smallest absolute Gasteiger partial charge is 0.313 e. The largest absolute Gasteiger partial charge is 0.383 e. The number of carbonyl (C=O) groups is 2. The van der Waals surface area contributed by atoms with Crippen LogP contribution >= 0.6 is 0 Å². The molecule has 0 saturated carbocycles. The Balaban J connectivity index is 1.28. The van der Waals surface area contributed by atoms with Crippen LogP contribution in [0.5, 0.6) is 0 Å². The maximum atomic E-state index is 13.4. The standard InChI is InChI=1S/C31H44N6O2/c1-4-23-18-25(19-33-28(23)32)34-29(38)30(39)37-20-22(2)6-11-27(37)24-7-9-26(10-8-24)36-15-5-12-31(21-36)13-16-35(3)17-14-31/h7-10,18-19,22,27H,4-6,11-17,20-21H2,1-3H3,(H2,32,33)(H,34,38)/t22-,27+/m0/s1. The van der Waals surface area contributed by atoms with Gasteiger partial charge in [-0.3, -0.25) is 9.59 Å². The lowest BCUT2D eigenvalue weighted by atomic mass is 9.72. The number of benzene rings is 1. The van der Waals surface area contributed by atoms with Gasteiger partial charge in [0.2, 0.25) is 0 Å². The Morgan fingerprint density at radius 1 is 1.10 bits per heavy atom. The minimum Gasteiger partial charge on any atom is -0.383 e. The van der Waals surface area contributed by atoms with Gasteiger partial charge in [-0.15, -0.1) is 0 Å². The van der Waals surface area contributed by atoms with Crippen molar-refractivity contribution in [3.8, 4) is 0 Å². The molecule has 3 saturated heterocycles. The van der Waals surface area contributed by atoms with Gasteiger partial charge in [0.25, 0.3) is 0 Å². The summed E-state index contributed by atoms with van der Waals surface area (Å²) < 4.78 is 0. The van der Waals surface area contributed by atoms with Gasteiger partial charge in [-0.2, -0.15) is 0 Å². The third-order valence-electron chi connectivity index (χ3n) is 9.26. The molecule has 3 fully saturated rings. The van der Waals surface area contributed by atoms with Crippen molar-refractivity contribution in [1.82, 2.24) is 14.8 Å². The van der Waals surface area contributed by atoms with E-state index in [1.807, 2.05) is 6.92 Å². The lowest BCUT2D eigenvalue weighted by Gasteiger charge is -2.48. The fraction of sp³-hybridized carbons (Fsp3) is 0.581. The topological polar surface area (TPSA) is 94.8 Å². The van der Waals surface area contributed by atoms with E-state index in [0.717, 1.165) is 37.1 Å². The molecule has 1 aromatic carbocycles. The molecule has 2 amide bonds. The summed E-state index contributed by atoms with van der Waals surface area (Å²) in [6.07, 6.45) is 9.23. The van der Waals surface area contributed by atoms with E-state index in [9.17, 15) is 9.59 Å². The van der Waals surface area contributed by atoms with Crippen LogP contribution < -0.4 is 16.0 Å². The number of hydrogen-bond donors (Lipinski definition) is 2. The first-order valence-corrected chi connectivity index (χ1v) is 14.7. The summed E-state index contributed by atoms with van der Waals surface area (Å²) >= 11 is 0. The number of aromatic nitrogens is 1. The molecule has 2 aromatic rings. The van der Waals surface area contributed by atoms with Crippen LogP contribution in [0.1, 0.15) is 69.5 Å². The van der Waals surface area contributed by atoms with Crippen molar-refractivity contribution in [3.63, 3.8) is 0 Å². The number of pyridine rings is 1. The second-order valence-electron chi connectivity index (χ2n) is 12.2. The number of carbonyl (C=O) groups excluding carboxylic acids is 2. The Kier molecular flexibility index (Phi) is 8.12. The third kappa shape index (κ3) is 6.06. The predicted molar refractivity (Wildman–Crippen MR) is 157 cm³/mol. The van der Waals surface area contributed by atoms with Crippen LogP contribution in [0.4, 0.5) is 17.2 Å². The number of likely N-dealkylation sites (tertiary alicyclic amines) is 2. The average molecular weight is 533 g/mol. The molecule has 3 aliphatic rings. The molecule has 2 atom stereocenters. The molecular weight excluding hydrogens is 488 g/mol. The number of aryl methyl sites for hydroxylation is 1. The molecule has 8 nitrogen and oxygen atoms in total. The van der Waals surface area contributed by atoms with Crippen LogP contribution in [0.15, 0.2) is 36.5 Å². The number of rotatable bonds is 4. The van der Waals surface area contributed by atoms with Crippen LogP contribution in [0.3, 0.4) is 0 Å². The second-order valence-corrected chi connectivity index (χ2v) is 12.2. The molecule has 0 aliphatic carbocycles. The summed E-state index contributed by atoms with van der Waals surface area (Å²) in [6.45, 7) is 9.31. The van der Waals surface area contributed by atoms with Gasteiger partial charge < -0.3 is 25.8 Å². The highest BCUT2D eigenvalue weighted by Gasteiger charge is 2.38. The van der Waals surface area contributed by atoms with Crippen molar-refractivity contribution >= 4 is 29.0 Å². The summed E-state index contributed by atoms with van der Waals surface area (Å²) in [5.74, 6) is -0.329. The molecule has 3 N–H and O–H groups in total. The molecule has 0 bridgehead atoms. The van der Waals surface area contributed by atoms with E-state index >= 15 is 0 Å². The summed E-state index contributed by atoms with van der Waals surface area (Å²) in [5.41, 5.74) is 10.0. The zero-order valence-electron chi connectivity index (χ0n) is 23.8. The van der Waals surface area contributed by atoms with Gasteiger partial charge in [0.15, 0.2) is 0 Å². The summed E-state index contributed by atoms with van der Waals surface area (Å²) in [6, 6.07) is 10.5. The summed E-state index contributed by atoms with van der Waals surface area (Å²) in [5, 5.41) is 2.75. The first kappa shape index (κ1) is 27.4. The molecule has 0 radical (unpaired) electrons. The van der Waals surface area contributed by atoms with Crippen LogP contribution in [-0.2, 0) is 16.0 Å². The van der Waals surface area contributed by atoms with Crippen molar-refractivity contribution in [3.05, 3.63) is 47.7 Å². The van der Waals surface area contributed by atoms with Gasteiger partial charge in [0.1, 0.15) is 5.82 Å². The average Bonchev–Trinajstić information content (AvgIpc) is 2.95. The molecule has 39 heavy (non-hydrogen) atoms. The van der Waals surface area contributed by atoms with E-state index < -0.39 is 11.8 Å². The maximum absolute atomic E-state index is 13.4. The van der Waals surface area contributed by atoms with Crippen molar-refractivity contribution < 1.29 is 9.59 Å². The molecule has 210 valence electrons. The number of piperidine rings is 3. The highest BCUT2D eigenvalue weighted by atomic mass is 16.2. The number of hydrogen-bond acceptors (Lipinski definition) is 6. The zero-order chi connectivity index (χ0) is 27.6. The Morgan fingerprint density at radius 3 is 2.56 bits per heavy atom. The quantitative estimate of drug-likeness (QED) is 0.564. The monoisotopic (exact) mass is 532 g/mol. The van der Waals surface area contributed by atoms with Gasteiger partial charge in [-0.1, -0.05) is 26.0 Å². The lowest BCUT2D eigenvalue weighted by Crippen LogP contribution is -2.49. The lowest BCUT2D eigenvalue weighted by molar-refractivity contribution is -0.146. The zero-order valence-corrected chi connectivity index (χ0v) is 23.8. The van der Waals surface area contributed by atoms with Crippen LogP contribution in [0.25, 0.3) is 0 Å². The third-order valence-corrected chi connectivity index (χ3v) is 9.26. The molecule has 4 heterocycles. The normalized spacial score (nSPS) is 23.6. The van der Waals surface area contributed by atoms with E-state index in [1.54, 1.807) is 11.0 Å². The maximum Gasteiger partial charge on any atom is 0.313 e. The highest BCUT2D eigenvalue weighted by molar-refractivity contribution is 6.39. The summed E-state index contributed by atoms with van der Waals surface area (Å²) in [4.78, 5) is 37.4. The number of anilines is 3. The fourth-order valence-corrected chi connectivity index (χ4v) is 6.75. The van der Waals surface area contributed by atoms with Crippen LogP contribution in [0.2, 0.25) is 0 Å². The number of nitrogens with one attached hydrogen (secondary N) is 1. The van der Waals surface area contributed by atoms with E-state index in [0.29, 0.717) is 35.8 Å². The fourth-order valence-electron chi connectivity index (χ4n) is 6.75.